The predicted octanol–water partition coefficient (Wildman–Crippen LogP) is 2.53. The Balaban J connectivity index is 1.47. The molecule has 1 saturated carbocycles. The van der Waals surface area contributed by atoms with Crippen LogP contribution in [0.3, 0.4) is 0 Å². The molecule has 1 saturated heterocycles. The number of aromatic nitrogens is 4. The van der Waals surface area contributed by atoms with Gasteiger partial charge < -0.3 is 4.74 Å². The maximum absolute atomic E-state index is 13.4. The molecule has 0 amide bonds. The van der Waals surface area contributed by atoms with Gasteiger partial charge in [0.15, 0.2) is 10.0 Å². The van der Waals surface area contributed by atoms with Crippen LogP contribution in [0.1, 0.15) is 36.3 Å². The quantitative estimate of drug-likeness (QED) is 0.383. The Bertz CT molecular complexity index is 1800. The summed E-state index contributed by atoms with van der Waals surface area (Å²) < 4.78 is 89.5. The Labute approximate surface area is 232 Å². The molecule has 3 aromatic rings. The fourth-order valence-electron chi connectivity index (χ4n) is 4.75. The highest BCUT2D eigenvalue weighted by Gasteiger charge is 2.54. The molecule has 1 aliphatic carbocycles. The molecule has 2 aliphatic heterocycles. The van der Waals surface area contributed by atoms with Crippen molar-refractivity contribution < 1.29 is 30.4 Å². The molecule has 1 N–H and O–H groups in total. The topological polar surface area (TPSA) is 141 Å². The van der Waals surface area contributed by atoms with E-state index in [0.29, 0.717) is 52.6 Å². The summed E-state index contributed by atoms with van der Waals surface area (Å²) in [6.07, 6.45) is 0.0166. The second kappa shape index (κ2) is 9.60. The van der Waals surface area contributed by atoms with Gasteiger partial charge in [0.1, 0.15) is 10.9 Å². The zero-order valence-electron chi connectivity index (χ0n) is 21.0. The molecule has 212 valence electrons. The molecular weight excluding hydrogens is 588 g/mol. The zero-order valence-corrected chi connectivity index (χ0v) is 23.5. The van der Waals surface area contributed by atoms with Crippen LogP contribution in [0.25, 0.3) is 32.0 Å². The lowest BCUT2D eigenvalue weighted by Gasteiger charge is -2.33. The first-order chi connectivity index (χ1) is 18.9. The van der Waals surface area contributed by atoms with Gasteiger partial charge >= 0.3 is 0 Å². The van der Waals surface area contributed by atoms with Gasteiger partial charge in [-0.15, -0.1) is 14.9 Å². The van der Waals surface area contributed by atoms with Crippen molar-refractivity contribution >= 4 is 47.9 Å². The summed E-state index contributed by atoms with van der Waals surface area (Å²) in [5.41, 5.74) is 0.765. The molecule has 12 nitrogen and oxygen atoms in total. The van der Waals surface area contributed by atoms with Crippen LogP contribution in [0, 0.1) is 6.57 Å². The summed E-state index contributed by atoms with van der Waals surface area (Å²) in [6.45, 7) is 8.00. The zero-order chi connectivity index (χ0) is 28.4. The van der Waals surface area contributed by atoms with Gasteiger partial charge in [-0.3, -0.25) is 9.53 Å². The average Bonchev–Trinajstić information content (AvgIpc) is 3.31. The summed E-state index contributed by atoms with van der Waals surface area (Å²) >= 11 is 0.663. The first-order valence-corrected chi connectivity index (χ1v) is 16.1. The molecule has 2 fully saturated rings. The van der Waals surface area contributed by atoms with Crippen LogP contribution in [0.15, 0.2) is 23.1 Å². The lowest BCUT2D eigenvalue weighted by molar-refractivity contribution is 0.0393. The van der Waals surface area contributed by atoms with E-state index in [0.717, 1.165) is 0 Å². The van der Waals surface area contributed by atoms with E-state index in [1.807, 2.05) is 0 Å². The minimum absolute atomic E-state index is 0.102. The fourth-order valence-corrected chi connectivity index (χ4v) is 8.45. The van der Waals surface area contributed by atoms with Gasteiger partial charge in [0, 0.05) is 31.1 Å². The number of ether oxygens (including phenoxy) is 1. The largest absolute Gasteiger partial charge is 0.378 e. The smallest absolute Gasteiger partial charge is 0.299 e. The molecule has 17 heteroatoms. The minimum atomic E-state index is -4.16. The highest BCUT2D eigenvalue weighted by atomic mass is 32.2. The number of aryl methyl sites for hydroxylation is 1. The van der Waals surface area contributed by atoms with Crippen molar-refractivity contribution in [3.05, 3.63) is 40.2 Å². The molecule has 0 bridgehead atoms. The van der Waals surface area contributed by atoms with Gasteiger partial charge in [0.25, 0.3) is 12.1 Å². The summed E-state index contributed by atoms with van der Waals surface area (Å²) in [4.78, 5) is 3.31. The van der Waals surface area contributed by atoms with Gasteiger partial charge in [-0.25, -0.2) is 32.2 Å². The molecule has 2 aromatic heterocycles. The fraction of sp³-hybridized carbons (Fsp3) is 0.478. The molecule has 0 radical (unpaired) electrons. The minimum Gasteiger partial charge on any atom is -0.378 e. The van der Waals surface area contributed by atoms with E-state index >= 15 is 0 Å². The Hall–Kier alpha value is -2.88. The molecule has 0 spiro atoms. The standard InChI is InChI=1S/C23H23F2N7O5S3/c1-26-23(5-6-23)30-39(33,34)14-9-16(13-3-7-32(8-4-13)40(35,36)15-11-37-12-15)19-17(10-14)18(29-31(19)2)21-27-28-22(38-21)20(24)25/h3,9-10,15,20,30H,4-8,11-12H2,2H3. The molecular formula is C23H23F2N7O5S3. The van der Waals surface area contributed by atoms with Crippen molar-refractivity contribution in [3.8, 4) is 10.7 Å². The van der Waals surface area contributed by atoms with E-state index in [2.05, 4.69) is 24.9 Å². The number of fused-ring (bicyclic) bond motifs is 1. The normalized spacial score (nSPS) is 19.9. The summed E-state index contributed by atoms with van der Waals surface area (Å²) in [7, 11) is -6.04. The lowest BCUT2D eigenvalue weighted by Crippen LogP contribution is -2.49. The maximum Gasteiger partial charge on any atom is 0.299 e. The monoisotopic (exact) mass is 611 g/mol. The Morgan fingerprint density at radius 3 is 2.52 bits per heavy atom. The third-order valence-corrected chi connectivity index (χ3v) is 11.8. The molecule has 1 aromatic carbocycles. The Kier molecular flexibility index (Phi) is 6.55. The Morgan fingerprint density at radius 1 is 1.23 bits per heavy atom. The van der Waals surface area contributed by atoms with E-state index < -0.39 is 42.4 Å². The number of nitrogens with zero attached hydrogens (tertiary/aromatic N) is 6. The highest BCUT2D eigenvalue weighted by molar-refractivity contribution is 7.90. The molecule has 3 aliphatic rings. The second-order valence-corrected chi connectivity index (χ2v) is 14.8. The van der Waals surface area contributed by atoms with Crippen LogP contribution in [0.2, 0.25) is 0 Å². The van der Waals surface area contributed by atoms with E-state index in [1.165, 1.54) is 21.1 Å². The van der Waals surface area contributed by atoms with Crippen molar-refractivity contribution in [2.24, 2.45) is 7.05 Å². The number of halogens is 2. The molecule has 0 atom stereocenters. The average molecular weight is 612 g/mol. The third-order valence-electron chi connectivity index (χ3n) is 7.22. The second-order valence-electron chi connectivity index (χ2n) is 9.88. The van der Waals surface area contributed by atoms with Gasteiger partial charge in [-0.05, 0) is 24.1 Å². The number of hydrogen-bond donors (Lipinski definition) is 1. The van der Waals surface area contributed by atoms with Gasteiger partial charge in [0.05, 0.1) is 36.5 Å². The van der Waals surface area contributed by atoms with Crippen LogP contribution in [-0.2, 0) is 31.8 Å². The van der Waals surface area contributed by atoms with Crippen molar-refractivity contribution in [1.29, 1.82) is 0 Å². The molecule has 0 unspecified atom stereocenters. The van der Waals surface area contributed by atoms with E-state index in [9.17, 15) is 25.6 Å². The summed E-state index contributed by atoms with van der Waals surface area (Å²) in [5.74, 6) is 0. The van der Waals surface area contributed by atoms with E-state index in [-0.39, 0.29) is 41.9 Å². The van der Waals surface area contributed by atoms with Crippen molar-refractivity contribution in [3.63, 3.8) is 0 Å². The van der Waals surface area contributed by atoms with Crippen molar-refractivity contribution in [2.75, 3.05) is 26.3 Å². The molecule has 6 rings (SSSR count). The highest BCUT2D eigenvalue weighted by Crippen LogP contribution is 2.41. The van der Waals surface area contributed by atoms with Crippen LogP contribution in [-0.4, -0.2) is 78.3 Å². The summed E-state index contributed by atoms with van der Waals surface area (Å²) in [6, 6.07) is 2.88. The number of hydrogen-bond acceptors (Lipinski definition) is 9. The number of sulfonamides is 2. The lowest BCUT2D eigenvalue weighted by atomic mass is 9.97. The number of benzene rings is 1. The van der Waals surface area contributed by atoms with Crippen LogP contribution >= 0.6 is 11.3 Å². The molecule has 4 heterocycles. The number of alkyl halides is 2. The van der Waals surface area contributed by atoms with Crippen LogP contribution in [0.4, 0.5) is 8.78 Å². The van der Waals surface area contributed by atoms with Gasteiger partial charge in [0.2, 0.25) is 20.0 Å². The Morgan fingerprint density at radius 2 is 1.98 bits per heavy atom. The van der Waals surface area contributed by atoms with Gasteiger partial charge in [-0.1, -0.05) is 17.4 Å². The number of rotatable bonds is 8. The first kappa shape index (κ1) is 27.3. The van der Waals surface area contributed by atoms with E-state index in [1.54, 1.807) is 13.1 Å². The SMILES string of the molecule is [C-]#[N+]C1(NS(=O)(=O)c2cc(C3=CCN(S(=O)(=O)C4COC4)CC3)c3c(c2)c(-c2nnc(C(F)F)s2)nn3C)CC1. The maximum atomic E-state index is 13.4. The first-order valence-electron chi connectivity index (χ1n) is 12.3. The van der Waals surface area contributed by atoms with E-state index in [4.69, 9.17) is 11.3 Å². The summed E-state index contributed by atoms with van der Waals surface area (Å²) in [5, 5.41) is 11.3. The van der Waals surface area contributed by atoms with Crippen LogP contribution in [0.5, 0.6) is 0 Å². The number of nitrogens with one attached hydrogen (secondary N) is 1. The van der Waals surface area contributed by atoms with Gasteiger partial charge in [-0.2, -0.15) is 9.40 Å². The molecule has 40 heavy (non-hydrogen) atoms. The third kappa shape index (κ3) is 4.62. The van der Waals surface area contributed by atoms with Crippen LogP contribution < -0.4 is 4.72 Å². The predicted molar refractivity (Wildman–Crippen MR) is 141 cm³/mol. The van der Waals surface area contributed by atoms with Crippen molar-refractivity contribution in [1.82, 2.24) is 29.0 Å². The van der Waals surface area contributed by atoms with Crippen molar-refractivity contribution in [2.45, 2.75) is 41.5 Å².